The van der Waals surface area contributed by atoms with E-state index in [9.17, 15) is 22.0 Å². The van der Waals surface area contributed by atoms with Crippen LogP contribution in [0.3, 0.4) is 0 Å². The van der Waals surface area contributed by atoms with E-state index in [0.717, 1.165) is 31.7 Å². The molecule has 2 aromatic heterocycles. The van der Waals surface area contributed by atoms with Crippen LogP contribution >= 0.6 is 0 Å². The zero-order valence-corrected chi connectivity index (χ0v) is 26.0. The Hall–Kier alpha value is -3.26. The summed E-state index contributed by atoms with van der Waals surface area (Å²) < 4.78 is 71.3. The van der Waals surface area contributed by atoms with E-state index in [-0.39, 0.29) is 47.6 Å². The summed E-state index contributed by atoms with van der Waals surface area (Å²) in [5, 5.41) is 3.40. The molecule has 238 valence electrons. The maximum atomic E-state index is 15.2. The van der Waals surface area contributed by atoms with Crippen LogP contribution in [0.2, 0.25) is 0 Å². The number of alkyl halides is 2. The fourth-order valence-corrected chi connectivity index (χ4v) is 8.45. The predicted octanol–water partition coefficient (Wildman–Crippen LogP) is 4.89. The summed E-state index contributed by atoms with van der Waals surface area (Å²) in [4.78, 5) is 29.5. The highest BCUT2D eigenvalue weighted by Gasteiger charge is 2.71. The molecule has 2 atom stereocenters. The Labute approximate surface area is 254 Å². The summed E-state index contributed by atoms with van der Waals surface area (Å²) in [6, 6.07) is 4.21. The van der Waals surface area contributed by atoms with E-state index < -0.39 is 45.1 Å². The van der Waals surface area contributed by atoms with Gasteiger partial charge in [-0.25, -0.2) is 31.6 Å². The van der Waals surface area contributed by atoms with Crippen LogP contribution in [-0.4, -0.2) is 70.7 Å². The number of nitrogens with zero attached hydrogens (tertiary/aromatic N) is 5. The number of hydrogen-bond acceptors (Lipinski definition) is 8. The first-order valence-corrected chi connectivity index (χ1v) is 16.8. The zero-order chi connectivity index (χ0) is 31.6. The maximum Gasteiger partial charge on any atom is 0.278 e. The van der Waals surface area contributed by atoms with Crippen molar-refractivity contribution in [1.82, 2.24) is 24.4 Å². The van der Waals surface area contributed by atoms with Crippen molar-refractivity contribution in [2.45, 2.75) is 76.4 Å². The van der Waals surface area contributed by atoms with Crippen LogP contribution in [0.5, 0.6) is 0 Å². The predicted molar refractivity (Wildman–Crippen MR) is 163 cm³/mol. The van der Waals surface area contributed by atoms with Crippen molar-refractivity contribution in [1.29, 1.82) is 0 Å². The summed E-state index contributed by atoms with van der Waals surface area (Å²) in [6.07, 6.45) is 5.94. The molecule has 2 heterocycles. The van der Waals surface area contributed by atoms with Crippen molar-refractivity contribution in [3.63, 3.8) is 0 Å². The number of fused-ring (bicyclic) bond motifs is 2. The monoisotopic (exact) mass is 633 g/mol. The molecule has 0 radical (unpaired) electrons. The minimum atomic E-state index is -3.98. The van der Waals surface area contributed by atoms with Gasteiger partial charge < -0.3 is 10.2 Å². The first-order chi connectivity index (χ1) is 20.7. The molecule has 0 bridgehead atoms. The first-order valence-electron chi connectivity index (χ1n) is 15.1. The van der Waals surface area contributed by atoms with E-state index >= 15 is 4.39 Å². The molecule has 3 fully saturated rings. The molecule has 3 saturated carbocycles. The minimum absolute atomic E-state index is 0.0167. The number of nitrogens with one attached hydrogen (secondary N) is 2. The van der Waals surface area contributed by atoms with Crippen molar-refractivity contribution in [3.05, 3.63) is 40.6 Å². The van der Waals surface area contributed by atoms with Gasteiger partial charge in [-0.2, -0.15) is 4.98 Å². The highest BCUT2D eigenvalue weighted by Crippen LogP contribution is 2.65. The molecule has 10 nitrogen and oxygen atoms in total. The molecule has 2 unspecified atom stereocenters. The van der Waals surface area contributed by atoms with Gasteiger partial charge in [0.05, 0.1) is 17.6 Å². The van der Waals surface area contributed by atoms with Gasteiger partial charge in [0.2, 0.25) is 16.0 Å². The van der Waals surface area contributed by atoms with E-state index in [1.807, 2.05) is 13.8 Å². The van der Waals surface area contributed by atoms with E-state index in [4.69, 9.17) is 0 Å². The molecule has 2 N–H and O–H groups in total. The smallest absolute Gasteiger partial charge is 0.278 e. The summed E-state index contributed by atoms with van der Waals surface area (Å²) in [5.41, 5.74) is 0.126. The van der Waals surface area contributed by atoms with E-state index in [1.165, 1.54) is 16.7 Å². The number of anilines is 2. The lowest BCUT2D eigenvalue weighted by atomic mass is 9.91. The molecule has 0 aliphatic heterocycles. The van der Waals surface area contributed by atoms with Crippen molar-refractivity contribution < 1.29 is 21.6 Å². The molecule has 0 saturated heterocycles. The second-order valence-corrected chi connectivity index (χ2v) is 14.8. The van der Waals surface area contributed by atoms with E-state index in [2.05, 4.69) is 44.0 Å². The zero-order valence-electron chi connectivity index (χ0n) is 25.2. The van der Waals surface area contributed by atoms with Crippen LogP contribution in [0.1, 0.15) is 58.4 Å². The van der Waals surface area contributed by atoms with Gasteiger partial charge in [-0.1, -0.05) is 6.07 Å². The Balaban J connectivity index is 1.21. The summed E-state index contributed by atoms with van der Waals surface area (Å²) in [6.45, 7) is 3.69. The topological polar surface area (TPSA) is 122 Å². The van der Waals surface area contributed by atoms with Gasteiger partial charge in [0, 0.05) is 35.5 Å². The molecule has 3 aromatic rings. The average molecular weight is 634 g/mol. The normalized spacial score (nSPS) is 26.2. The lowest BCUT2D eigenvalue weighted by Crippen LogP contribution is -2.36. The van der Waals surface area contributed by atoms with Crippen LogP contribution in [-0.2, 0) is 10.0 Å². The molecule has 0 amide bonds. The summed E-state index contributed by atoms with van der Waals surface area (Å²) >= 11 is 0. The second kappa shape index (κ2) is 11.3. The van der Waals surface area contributed by atoms with Crippen LogP contribution in [0.25, 0.3) is 22.4 Å². The van der Waals surface area contributed by atoms with Gasteiger partial charge in [-0.15, -0.1) is 0 Å². The Morgan fingerprint density at radius 2 is 1.77 bits per heavy atom. The standard InChI is InChI=1S/C30H38F3N7O3S/c1-16(2)40-27-25(14-34-29(37-27)35-19-6-8-20(9-7-19)39(3)4)36-26(28(40)41)18-5-10-24(23(31)13-18)38-44(42,43)15-17-11-21-22(12-17)30(21,32)33/h5,10,13-14,16-17,19-22,38H,6-9,11-12,15H2,1-4H3,(H,34,35,37). The third kappa shape index (κ3) is 5.90. The fourth-order valence-electron chi connectivity index (χ4n) is 6.98. The van der Waals surface area contributed by atoms with Gasteiger partial charge in [0.25, 0.3) is 11.5 Å². The van der Waals surface area contributed by atoms with Crippen molar-refractivity contribution in [2.24, 2.45) is 17.8 Å². The van der Waals surface area contributed by atoms with Crippen molar-refractivity contribution in [3.8, 4) is 11.3 Å². The molecule has 3 aliphatic rings. The molecule has 3 aliphatic carbocycles. The first kappa shape index (κ1) is 30.8. The van der Waals surface area contributed by atoms with Crippen molar-refractivity contribution >= 4 is 32.8 Å². The lowest BCUT2D eigenvalue weighted by Gasteiger charge is -2.32. The van der Waals surface area contributed by atoms with Crippen molar-refractivity contribution in [2.75, 3.05) is 29.9 Å². The number of aromatic nitrogens is 4. The quantitative estimate of drug-likeness (QED) is 0.342. The van der Waals surface area contributed by atoms with Gasteiger partial charge in [0.1, 0.15) is 17.0 Å². The largest absolute Gasteiger partial charge is 0.351 e. The minimum Gasteiger partial charge on any atom is -0.351 e. The highest BCUT2D eigenvalue weighted by molar-refractivity contribution is 7.92. The van der Waals surface area contributed by atoms with Gasteiger partial charge in [0.15, 0.2) is 5.65 Å². The Kier molecular flexibility index (Phi) is 7.88. The Morgan fingerprint density at radius 3 is 2.39 bits per heavy atom. The SMILES string of the molecule is CC(C)n1c(=O)c(-c2ccc(NS(=O)(=O)CC3CC4C(C3)C4(F)F)c(F)c2)nc2cnc(NC3CCC(N(C)C)CC3)nc21. The fraction of sp³-hybridized carbons (Fsp3) is 0.600. The molecule has 44 heavy (non-hydrogen) atoms. The van der Waals surface area contributed by atoms with Crippen LogP contribution in [0.4, 0.5) is 24.8 Å². The number of hydrogen-bond donors (Lipinski definition) is 2. The van der Waals surface area contributed by atoms with Crippen LogP contribution in [0.15, 0.2) is 29.2 Å². The third-order valence-electron chi connectivity index (χ3n) is 9.41. The van der Waals surface area contributed by atoms with Gasteiger partial charge >= 0.3 is 0 Å². The van der Waals surface area contributed by atoms with E-state index in [0.29, 0.717) is 23.2 Å². The van der Waals surface area contributed by atoms with Gasteiger partial charge in [-0.3, -0.25) is 14.1 Å². The molecule has 1 aromatic carbocycles. The number of benzene rings is 1. The number of halogens is 3. The lowest BCUT2D eigenvalue weighted by molar-refractivity contribution is 0.0656. The van der Waals surface area contributed by atoms with E-state index in [1.54, 1.807) is 6.20 Å². The Bertz CT molecular complexity index is 1730. The second-order valence-electron chi connectivity index (χ2n) is 13.0. The average Bonchev–Trinajstić information content (AvgIpc) is 3.24. The van der Waals surface area contributed by atoms with Crippen LogP contribution in [0, 0.1) is 23.6 Å². The number of rotatable bonds is 9. The summed E-state index contributed by atoms with van der Waals surface area (Å²) in [5.74, 6) is -5.39. The highest BCUT2D eigenvalue weighted by atomic mass is 32.2. The number of sulfonamides is 1. The van der Waals surface area contributed by atoms with Crippen LogP contribution < -0.4 is 15.6 Å². The Morgan fingerprint density at radius 1 is 1.09 bits per heavy atom. The molecule has 6 rings (SSSR count). The third-order valence-corrected chi connectivity index (χ3v) is 10.9. The molecular formula is C30H38F3N7O3S. The molecular weight excluding hydrogens is 595 g/mol. The molecule has 14 heteroatoms. The summed E-state index contributed by atoms with van der Waals surface area (Å²) in [7, 11) is 0.211. The maximum absolute atomic E-state index is 15.2. The molecule has 0 spiro atoms. The van der Waals surface area contributed by atoms with Gasteiger partial charge in [-0.05, 0) is 84.5 Å².